The number of thiophene rings is 1. The SMILES string of the molecule is CCC1C=CC(c2csc(CO)c2)=CC(C)[N+]1(C)CCC=C(C)C(=O)Nc1cc(NC(=O)CN2CCCC2C)cnc1C. The van der Waals surface area contributed by atoms with Crippen LogP contribution in [0.2, 0.25) is 0 Å². The third-order valence-electron chi connectivity index (χ3n) is 9.24. The molecule has 2 aliphatic heterocycles. The highest BCUT2D eigenvalue weighted by Crippen LogP contribution is 2.31. The molecule has 8 nitrogen and oxygen atoms in total. The topological polar surface area (TPSA) is 94.6 Å². The molecule has 9 heteroatoms. The average molecular weight is 607 g/mol. The van der Waals surface area contributed by atoms with Gasteiger partial charge in [-0.2, -0.15) is 0 Å². The molecule has 0 aliphatic carbocycles. The van der Waals surface area contributed by atoms with E-state index >= 15 is 0 Å². The highest BCUT2D eigenvalue weighted by molar-refractivity contribution is 7.10. The van der Waals surface area contributed by atoms with E-state index in [0.717, 1.165) is 53.7 Å². The van der Waals surface area contributed by atoms with E-state index in [1.165, 1.54) is 5.57 Å². The summed E-state index contributed by atoms with van der Waals surface area (Å²) in [5, 5.41) is 17.6. The Labute approximate surface area is 260 Å². The van der Waals surface area contributed by atoms with Crippen molar-refractivity contribution in [3.63, 3.8) is 0 Å². The number of carbonyl (C=O) groups excluding carboxylic acids is 2. The minimum atomic E-state index is -0.169. The molecule has 2 aromatic heterocycles. The number of nitrogens with zero attached hydrogens (tertiary/aromatic N) is 3. The Morgan fingerprint density at radius 1 is 1.26 bits per heavy atom. The first-order valence-electron chi connectivity index (χ1n) is 15.5. The van der Waals surface area contributed by atoms with Crippen molar-refractivity contribution >= 4 is 40.1 Å². The molecule has 43 heavy (non-hydrogen) atoms. The van der Waals surface area contributed by atoms with Crippen molar-refractivity contribution < 1.29 is 19.2 Å². The Bertz CT molecular complexity index is 1400. The Kier molecular flexibility index (Phi) is 11.1. The fraction of sp³-hybridized carbons (Fsp3) is 0.500. The molecule has 3 N–H and O–H groups in total. The zero-order valence-corrected chi connectivity index (χ0v) is 27.3. The summed E-state index contributed by atoms with van der Waals surface area (Å²) in [6.07, 6.45) is 14.6. The van der Waals surface area contributed by atoms with Gasteiger partial charge in [-0.25, -0.2) is 0 Å². The lowest BCUT2D eigenvalue weighted by Gasteiger charge is -2.43. The standard InChI is InChI=1S/C34H47N5O3S/c1-7-30-13-12-27(28-17-31(21-40)43-22-28)16-25(4)39(30,6)15-9-10-23(2)34(42)37-32-18-29(19-35-26(32)5)36-33(41)20-38-14-8-11-24(38)3/h10,12-13,16-19,22,24-25,30,40H,7-9,11,14-15,20-21H2,1-6H3,(H-,36,37,41,42)/p+1. The Morgan fingerprint density at radius 2 is 2.05 bits per heavy atom. The molecule has 232 valence electrons. The maximum absolute atomic E-state index is 13.1. The molecule has 2 aliphatic rings. The molecular weight excluding hydrogens is 558 g/mol. The van der Waals surface area contributed by atoms with E-state index in [-0.39, 0.29) is 24.5 Å². The molecule has 0 bridgehead atoms. The van der Waals surface area contributed by atoms with Crippen LogP contribution < -0.4 is 10.6 Å². The summed E-state index contributed by atoms with van der Waals surface area (Å²) >= 11 is 1.59. The first-order chi connectivity index (χ1) is 20.5. The predicted molar refractivity (Wildman–Crippen MR) is 177 cm³/mol. The van der Waals surface area contributed by atoms with E-state index in [1.807, 2.05) is 19.9 Å². The number of aliphatic hydroxyl groups excluding tert-OH is 1. The zero-order valence-electron chi connectivity index (χ0n) is 26.5. The lowest BCUT2D eigenvalue weighted by molar-refractivity contribution is -0.942. The summed E-state index contributed by atoms with van der Waals surface area (Å²) in [4.78, 5) is 33.3. The van der Waals surface area contributed by atoms with Gasteiger partial charge in [-0.05, 0) is 87.9 Å². The average Bonchev–Trinajstić information content (AvgIpc) is 3.60. The van der Waals surface area contributed by atoms with Crippen LogP contribution in [0, 0.1) is 6.92 Å². The van der Waals surface area contributed by atoms with Gasteiger partial charge in [-0.3, -0.25) is 19.5 Å². The number of aromatic nitrogens is 1. The van der Waals surface area contributed by atoms with E-state index < -0.39 is 0 Å². The molecule has 4 unspecified atom stereocenters. The minimum Gasteiger partial charge on any atom is -0.391 e. The highest BCUT2D eigenvalue weighted by atomic mass is 32.1. The number of carbonyl (C=O) groups is 2. The van der Waals surface area contributed by atoms with Gasteiger partial charge in [0, 0.05) is 29.3 Å². The number of quaternary nitrogens is 1. The molecule has 4 atom stereocenters. The van der Waals surface area contributed by atoms with E-state index in [0.29, 0.717) is 41.3 Å². The molecule has 2 aromatic rings. The van der Waals surface area contributed by atoms with Gasteiger partial charge >= 0.3 is 0 Å². The lowest BCUT2D eigenvalue weighted by Crippen LogP contribution is -2.56. The number of amides is 2. The Balaban J connectivity index is 1.38. The summed E-state index contributed by atoms with van der Waals surface area (Å²) < 4.78 is 0.847. The second-order valence-electron chi connectivity index (χ2n) is 12.2. The number of anilines is 2. The third-order valence-corrected chi connectivity index (χ3v) is 10.2. The first kappa shape index (κ1) is 32.8. The van der Waals surface area contributed by atoms with Crippen LogP contribution in [0.1, 0.15) is 69.5 Å². The number of rotatable bonds is 11. The summed E-state index contributed by atoms with van der Waals surface area (Å²) in [6, 6.07) is 4.90. The molecule has 0 aromatic carbocycles. The number of pyridine rings is 1. The van der Waals surface area contributed by atoms with Crippen molar-refractivity contribution in [1.82, 2.24) is 9.88 Å². The van der Waals surface area contributed by atoms with Crippen molar-refractivity contribution in [2.45, 2.75) is 85.0 Å². The van der Waals surface area contributed by atoms with Crippen LogP contribution in [0.3, 0.4) is 0 Å². The van der Waals surface area contributed by atoms with Crippen molar-refractivity contribution in [1.29, 1.82) is 0 Å². The summed E-state index contributed by atoms with van der Waals surface area (Å²) in [6.45, 7) is 12.6. The molecule has 1 fully saturated rings. The Morgan fingerprint density at radius 3 is 2.72 bits per heavy atom. The molecule has 2 amide bonds. The maximum Gasteiger partial charge on any atom is 0.251 e. The van der Waals surface area contributed by atoms with Crippen LogP contribution in [0.4, 0.5) is 11.4 Å². The summed E-state index contributed by atoms with van der Waals surface area (Å²) in [5.74, 6) is -0.239. The van der Waals surface area contributed by atoms with Gasteiger partial charge in [0.1, 0.15) is 12.1 Å². The van der Waals surface area contributed by atoms with Crippen molar-refractivity contribution in [3.05, 3.63) is 69.7 Å². The van der Waals surface area contributed by atoms with Gasteiger partial charge in [-0.1, -0.05) is 19.1 Å². The van der Waals surface area contributed by atoms with Crippen LogP contribution in [0.15, 0.2) is 53.6 Å². The molecular formula is C34H48N5O3S+. The van der Waals surface area contributed by atoms with Crippen molar-refractivity contribution in [2.75, 3.05) is 37.3 Å². The molecule has 0 spiro atoms. The number of likely N-dealkylation sites (tertiary alicyclic amines) is 1. The van der Waals surface area contributed by atoms with Gasteiger partial charge in [-0.15, -0.1) is 11.3 Å². The summed E-state index contributed by atoms with van der Waals surface area (Å²) in [5.41, 5.74) is 4.87. The number of aryl methyl sites for hydroxylation is 1. The smallest absolute Gasteiger partial charge is 0.251 e. The van der Waals surface area contributed by atoms with Crippen molar-refractivity contribution in [3.8, 4) is 0 Å². The van der Waals surface area contributed by atoms with Gasteiger partial charge in [0.25, 0.3) is 5.91 Å². The third kappa shape index (κ3) is 8.09. The minimum absolute atomic E-state index is 0.0676. The van der Waals surface area contributed by atoms with E-state index in [4.69, 9.17) is 0 Å². The van der Waals surface area contributed by atoms with Crippen LogP contribution in [-0.4, -0.2) is 76.1 Å². The molecule has 4 rings (SSSR count). The molecule has 0 radical (unpaired) electrons. The second kappa shape index (κ2) is 14.6. The zero-order chi connectivity index (χ0) is 31.1. The maximum atomic E-state index is 13.1. The number of likely N-dealkylation sites (N-methyl/N-ethyl adjacent to an activating group) is 1. The van der Waals surface area contributed by atoms with Crippen molar-refractivity contribution in [2.24, 2.45) is 0 Å². The van der Waals surface area contributed by atoms with Gasteiger partial charge < -0.3 is 20.2 Å². The van der Waals surface area contributed by atoms with Crippen LogP contribution in [-0.2, 0) is 16.2 Å². The molecule has 4 heterocycles. The Hall–Kier alpha value is -3.11. The predicted octanol–water partition coefficient (Wildman–Crippen LogP) is 5.91. The quantitative estimate of drug-likeness (QED) is 0.219. The van der Waals surface area contributed by atoms with E-state index in [9.17, 15) is 14.7 Å². The molecule has 0 saturated carbocycles. The highest BCUT2D eigenvalue weighted by Gasteiger charge is 2.35. The fourth-order valence-electron chi connectivity index (χ4n) is 6.14. The number of hydrogen-bond acceptors (Lipinski definition) is 6. The monoisotopic (exact) mass is 606 g/mol. The fourth-order valence-corrected chi connectivity index (χ4v) is 6.89. The van der Waals surface area contributed by atoms with Gasteiger partial charge in [0.2, 0.25) is 5.91 Å². The number of aliphatic hydroxyl groups is 1. The van der Waals surface area contributed by atoms with Crippen LogP contribution in [0.5, 0.6) is 0 Å². The summed E-state index contributed by atoms with van der Waals surface area (Å²) in [7, 11) is 2.30. The van der Waals surface area contributed by atoms with Crippen LogP contribution in [0.25, 0.3) is 5.57 Å². The van der Waals surface area contributed by atoms with E-state index in [2.05, 4.69) is 78.0 Å². The molecule has 1 saturated heterocycles. The van der Waals surface area contributed by atoms with E-state index in [1.54, 1.807) is 23.6 Å². The number of allylic oxidation sites excluding steroid dienone is 2. The second-order valence-corrected chi connectivity index (χ2v) is 13.2. The first-order valence-corrected chi connectivity index (χ1v) is 16.3. The number of nitrogens with one attached hydrogen (secondary N) is 2. The normalized spacial score (nSPS) is 24.5. The van der Waals surface area contributed by atoms with Gasteiger partial charge in [0.05, 0.1) is 50.0 Å². The van der Waals surface area contributed by atoms with Crippen LogP contribution >= 0.6 is 11.3 Å². The lowest BCUT2D eigenvalue weighted by atomic mass is 10.0. The largest absolute Gasteiger partial charge is 0.391 e. The number of hydrogen-bond donors (Lipinski definition) is 3. The van der Waals surface area contributed by atoms with Gasteiger partial charge in [0.15, 0.2) is 0 Å².